The van der Waals surface area contributed by atoms with Crippen LogP contribution in [0.3, 0.4) is 0 Å². The molecular formula is C18H19N3OS. The van der Waals surface area contributed by atoms with Gasteiger partial charge in [-0.25, -0.2) is 4.98 Å². The van der Waals surface area contributed by atoms with Crippen molar-refractivity contribution in [1.29, 1.82) is 0 Å². The van der Waals surface area contributed by atoms with Gasteiger partial charge < -0.3 is 5.32 Å². The summed E-state index contributed by atoms with van der Waals surface area (Å²) in [6.07, 6.45) is 3.50. The molecule has 4 nitrogen and oxygen atoms in total. The lowest BCUT2D eigenvalue weighted by Crippen LogP contribution is -2.27. The van der Waals surface area contributed by atoms with Crippen molar-refractivity contribution in [1.82, 2.24) is 14.9 Å². The first-order valence-corrected chi connectivity index (χ1v) is 8.88. The van der Waals surface area contributed by atoms with E-state index in [2.05, 4.69) is 29.4 Å². The predicted octanol–water partition coefficient (Wildman–Crippen LogP) is 3.10. The van der Waals surface area contributed by atoms with Crippen LogP contribution in [0.4, 0.5) is 0 Å². The third-order valence-corrected chi connectivity index (χ3v) is 5.70. The van der Waals surface area contributed by atoms with E-state index in [4.69, 9.17) is 0 Å². The van der Waals surface area contributed by atoms with E-state index >= 15 is 0 Å². The fourth-order valence-electron chi connectivity index (χ4n) is 3.42. The van der Waals surface area contributed by atoms with Gasteiger partial charge in [-0.2, -0.15) is 0 Å². The molecule has 0 fully saturated rings. The molecule has 5 heteroatoms. The van der Waals surface area contributed by atoms with Gasteiger partial charge in [-0.05, 0) is 30.5 Å². The van der Waals surface area contributed by atoms with Crippen molar-refractivity contribution in [3.8, 4) is 0 Å². The van der Waals surface area contributed by atoms with Crippen molar-refractivity contribution in [2.24, 2.45) is 0 Å². The molecule has 1 N–H and O–H groups in total. The molecule has 3 aromatic rings. The molecule has 0 saturated carbocycles. The first kappa shape index (κ1) is 14.6. The Bertz CT molecular complexity index is 898. The minimum absolute atomic E-state index is 0.0397. The molecule has 1 atom stereocenters. The largest absolute Gasteiger partial charge is 0.312 e. The van der Waals surface area contributed by atoms with E-state index in [1.807, 2.05) is 22.8 Å². The van der Waals surface area contributed by atoms with Crippen molar-refractivity contribution in [3.63, 3.8) is 0 Å². The predicted molar refractivity (Wildman–Crippen MR) is 94.2 cm³/mol. The molecule has 0 amide bonds. The van der Waals surface area contributed by atoms with E-state index in [1.165, 1.54) is 10.4 Å². The van der Waals surface area contributed by atoms with Gasteiger partial charge in [0.1, 0.15) is 4.83 Å². The Morgan fingerprint density at radius 1 is 1.35 bits per heavy atom. The Hall–Kier alpha value is -1.98. The van der Waals surface area contributed by atoms with Gasteiger partial charge in [0, 0.05) is 11.4 Å². The first-order chi connectivity index (χ1) is 11.3. The molecule has 4 rings (SSSR count). The van der Waals surface area contributed by atoms with E-state index in [1.54, 1.807) is 17.7 Å². The van der Waals surface area contributed by atoms with Crippen molar-refractivity contribution in [2.45, 2.75) is 32.4 Å². The summed E-state index contributed by atoms with van der Waals surface area (Å²) in [6, 6.07) is 10.2. The molecule has 1 aliphatic rings. The van der Waals surface area contributed by atoms with Gasteiger partial charge in [0.2, 0.25) is 0 Å². The minimum Gasteiger partial charge on any atom is -0.312 e. The number of benzene rings is 1. The van der Waals surface area contributed by atoms with E-state index in [9.17, 15) is 4.79 Å². The molecule has 2 aromatic heterocycles. The maximum absolute atomic E-state index is 13.1. The zero-order valence-electron chi connectivity index (χ0n) is 13.1. The van der Waals surface area contributed by atoms with Crippen molar-refractivity contribution in [2.75, 3.05) is 6.54 Å². The molecule has 3 heterocycles. The second kappa shape index (κ2) is 5.91. The highest BCUT2D eigenvalue weighted by molar-refractivity contribution is 7.18. The van der Waals surface area contributed by atoms with Gasteiger partial charge >= 0.3 is 0 Å². The van der Waals surface area contributed by atoms with Crippen LogP contribution in [0.25, 0.3) is 10.2 Å². The van der Waals surface area contributed by atoms with Gasteiger partial charge in [-0.3, -0.25) is 9.36 Å². The summed E-state index contributed by atoms with van der Waals surface area (Å²) in [6.45, 7) is 3.90. The number of nitrogens with one attached hydrogen (secondary N) is 1. The second-order valence-electron chi connectivity index (χ2n) is 5.90. The van der Waals surface area contributed by atoms with E-state index in [0.29, 0.717) is 0 Å². The Morgan fingerprint density at radius 2 is 2.17 bits per heavy atom. The summed E-state index contributed by atoms with van der Waals surface area (Å²) < 4.78 is 1.81. The van der Waals surface area contributed by atoms with Crippen LogP contribution in [0.5, 0.6) is 0 Å². The summed E-state index contributed by atoms with van der Waals surface area (Å²) >= 11 is 1.65. The fourth-order valence-corrected chi connectivity index (χ4v) is 4.57. The monoisotopic (exact) mass is 325 g/mol. The fraction of sp³-hybridized carbons (Fsp3) is 0.333. The Balaban J connectivity index is 1.91. The zero-order valence-corrected chi connectivity index (χ0v) is 13.9. The van der Waals surface area contributed by atoms with Crippen molar-refractivity contribution in [3.05, 3.63) is 63.0 Å². The lowest BCUT2D eigenvalue weighted by atomic mass is 10.0. The molecule has 1 aromatic carbocycles. The maximum Gasteiger partial charge on any atom is 0.262 e. The first-order valence-electron chi connectivity index (χ1n) is 8.06. The summed E-state index contributed by atoms with van der Waals surface area (Å²) in [4.78, 5) is 19.9. The highest BCUT2D eigenvalue weighted by Gasteiger charge is 2.22. The molecule has 0 spiro atoms. The van der Waals surface area contributed by atoms with Gasteiger partial charge in [-0.15, -0.1) is 11.3 Å². The van der Waals surface area contributed by atoms with Crippen LogP contribution in [0.1, 0.15) is 35.4 Å². The lowest BCUT2D eigenvalue weighted by molar-refractivity contribution is 0.544. The highest BCUT2D eigenvalue weighted by Crippen LogP contribution is 2.30. The maximum atomic E-state index is 13.1. The van der Waals surface area contributed by atoms with Crippen molar-refractivity contribution < 1.29 is 0 Å². The van der Waals surface area contributed by atoms with E-state index < -0.39 is 0 Å². The molecular weight excluding hydrogens is 306 g/mol. The van der Waals surface area contributed by atoms with Gasteiger partial charge in [-0.1, -0.05) is 37.3 Å². The topological polar surface area (TPSA) is 46.9 Å². The number of hydrogen-bond donors (Lipinski definition) is 1. The zero-order chi connectivity index (χ0) is 15.8. The summed E-state index contributed by atoms with van der Waals surface area (Å²) in [7, 11) is 0. The normalized spacial score (nSPS) is 15.5. The molecule has 0 aliphatic carbocycles. The third-order valence-electron chi connectivity index (χ3n) is 4.56. The number of nitrogens with zero attached hydrogens (tertiary/aromatic N) is 2. The van der Waals surface area contributed by atoms with E-state index in [0.717, 1.165) is 41.7 Å². The van der Waals surface area contributed by atoms with Gasteiger partial charge in [0.05, 0.1) is 17.8 Å². The lowest BCUT2D eigenvalue weighted by Gasteiger charge is -2.18. The highest BCUT2D eigenvalue weighted by atomic mass is 32.1. The Labute approximate surface area is 138 Å². The summed E-state index contributed by atoms with van der Waals surface area (Å²) in [5.41, 5.74) is 2.47. The summed E-state index contributed by atoms with van der Waals surface area (Å²) in [5.74, 6) is 0. The number of fused-ring (bicyclic) bond motifs is 3. The SMILES string of the molecule is CCC(c1ccccc1)n1cnc2sc3c(c2c1=O)CCNC3. The number of thiophene rings is 1. The second-order valence-corrected chi connectivity index (χ2v) is 6.99. The molecule has 0 saturated heterocycles. The Morgan fingerprint density at radius 3 is 2.96 bits per heavy atom. The standard InChI is InChI=1S/C18H19N3OS/c1-2-14(12-6-4-3-5-7-12)21-11-20-17-16(18(21)22)13-8-9-19-10-15(13)23-17/h3-7,11,14,19H,2,8-10H2,1H3. The van der Waals surface area contributed by atoms with E-state index in [-0.39, 0.29) is 11.6 Å². The van der Waals surface area contributed by atoms with Crippen molar-refractivity contribution >= 4 is 21.6 Å². The van der Waals surface area contributed by atoms with Gasteiger partial charge in [0.25, 0.3) is 5.56 Å². The average molecular weight is 325 g/mol. The van der Waals surface area contributed by atoms with Crippen LogP contribution in [-0.2, 0) is 13.0 Å². The molecule has 23 heavy (non-hydrogen) atoms. The average Bonchev–Trinajstić information content (AvgIpc) is 2.98. The number of hydrogen-bond acceptors (Lipinski definition) is 4. The van der Waals surface area contributed by atoms with Crippen LogP contribution < -0.4 is 10.9 Å². The quantitative estimate of drug-likeness (QED) is 0.805. The number of rotatable bonds is 3. The van der Waals surface area contributed by atoms with Crippen LogP contribution in [0.15, 0.2) is 41.5 Å². The molecule has 1 aliphatic heterocycles. The smallest absolute Gasteiger partial charge is 0.262 e. The third kappa shape index (κ3) is 2.40. The van der Waals surface area contributed by atoms with Crippen LogP contribution in [-0.4, -0.2) is 16.1 Å². The molecule has 118 valence electrons. The molecule has 0 bridgehead atoms. The van der Waals surface area contributed by atoms with Crippen LogP contribution in [0.2, 0.25) is 0 Å². The summed E-state index contributed by atoms with van der Waals surface area (Å²) in [5, 5.41) is 4.21. The van der Waals surface area contributed by atoms with Crippen LogP contribution >= 0.6 is 11.3 Å². The molecule has 1 unspecified atom stereocenters. The minimum atomic E-state index is 0.0397. The van der Waals surface area contributed by atoms with Crippen LogP contribution in [0, 0.1) is 0 Å². The molecule has 0 radical (unpaired) electrons. The number of aromatic nitrogens is 2. The van der Waals surface area contributed by atoms with Gasteiger partial charge in [0.15, 0.2) is 0 Å². The Kier molecular flexibility index (Phi) is 3.75.